The van der Waals surface area contributed by atoms with Gasteiger partial charge in [-0.15, -0.1) is 0 Å². The van der Waals surface area contributed by atoms with Gasteiger partial charge in [-0.3, -0.25) is 0 Å². The van der Waals surface area contributed by atoms with Crippen LogP contribution in [0.1, 0.15) is 5.56 Å². The number of carbonyl (C=O) groups is 1. The van der Waals surface area contributed by atoms with Gasteiger partial charge in [0.25, 0.3) is 0 Å². The van der Waals surface area contributed by atoms with Crippen molar-refractivity contribution in [1.29, 1.82) is 0 Å². The largest absolute Gasteiger partial charge is 0.479 e. The Morgan fingerprint density at radius 2 is 2.22 bits per heavy atom. The number of benzene rings is 1. The fourth-order valence-corrected chi connectivity index (χ4v) is 1.66. The van der Waals surface area contributed by atoms with Crippen LogP contribution in [0, 0.1) is 5.82 Å². The zero-order valence-electron chi connectivity index (χ0n) is 9.88. The van der Waals surface area contributed by atoms with Gasteiger partial charge in [0.1, 0.15) is 5.82 Å². The quantitative estimate of drug-likeness (QED) is 0.532. The highest BCUT2D eigenvalue weighted by Crippen LogP contribution is 2.09. The van der Waals surface area contributed by atoms with E-state index in [1.807, 2.05) is 0 Å². The standard InChI is InChI=1S/C11H15BFNO4/c1-12(18)14-9(10(15)11(16)17)6-7-3-2-4-8(13)5-7/h2-5,9-10,14-15,18H,6H2,1H3,(H,16,17). The summed E-state index contributed by atoms with van der Waals surface area (Å²) in [6.07, 6.45) is -1.58. The molecule has 0 heterocycles. The van der Waals surface area contributed by atoms with Gasteiger partial charge in [-0.1, -0.05) is 12.1 Å². The number of aliphatic carboxylic acids is 1. The van der Waals surface area contributed by atoms with Crippen LogP contribution < -0.4 is 5.23 Å². The topological polar surface area (TPSA) is 89.8 Å². The molecule has 18 heavy (non-hydrogen) atoms. The molecule has 2 atom stereocenters. The summed E-state index contributed by atoms with van der Waals surface area (Å²) in [5.41, 5.74) is 0.536. The number of aliphatic hydroxyl groups excluding tert-OH is 1. The second-order valence-corrected chi connectivity index (χ2v) is 4.07. The summed E-state index contributed by atoms with van der Waals surface area (Å²) in [6.45, 7) is 1.41. The van der Waals surface area contributed by atoms with Crippen molar-refractivity contribution in [3.8, 4) is 0 Å². The lowest BCUT2D eigenvalue weighted by atomic mass is 9.85. The molecule has 0 aromatic heterocycles. The Balaban J connectivity index is 2.81. The summed E-state index contributed by atoms with van der Waals surface area (Å²) in [6, 6.07) is 4.75. The smallest absolute Gasteiger partial charge is 0.373 e. The molecule has 0 radical (unpaired) electrons. The molecule has 0 aliphatic carbocycles. The summed E-state index contributed by atoms with van der Waals surface area (Å²) >= 11 is 0. The van der Waals surface area contributed by atoms with E-state index in [2.05, 4.69) is 5.23 Å². The maximum Gasteiger partial charge on any atom is 0.373 e. The zero-order valence-corrected chi connectivity index (χ0v) is 9.88. The molecule has 0 amide bonds. The van der Waals surface area contributed by atoms with Gasteiger partial charge < -0.3 is 20.5 Å². The first-order chi connectivity index (χ1) is 8.40. The third kappa shape index (κ3) is 4.44. The van der Waals surface area contributed by atoms with E-state index in [1.165, 1.54) is 25.0 Å². The van der Waals surface area contributed by atoms with Crippen LogP contribution in [-0.2, 0) is 11.2 Å². The number of carboxylic acid groups (broad SMARTS) is 1. The number of carboxylic acids is 1. The molecule has 0 spiro atoms. The first kappa shape index (κ1) is 14.6. The maximum absolute atomic E-state index is 13.0. The molecule has 0 aliphatic rings. The van der Waals surface area contributed by atoms with Crippen molar-refractivity contribution >= 4 is 13.0 Å². The van der Waals surface area contributed by atoms with E-state index in [9.17, 15) is 19.3 Å². The Labute approximate surface area is 104 Å². The highest BCUT2D eigenvalue weighted by Gasteiger charge is 2.27. The van der Waals surface area contributed by atoms with Crippen LogP contribution in [0.25, 0.3) is 0 Å². The van der Waals surface area contributed by atoms with Gasteiger partial charge in [-0.05, 0) is 30.9 Å². The van der Waals surface area contributed by atoms with Gasteiger partial charge in [0.05, 0.1) is 0 Å². The van der Waals surface area contributed by atoms with Crippen LogP contribution >= 0.6 is 0 Å². The molecule has 0 saturated heterocycles. The van der Waals surface area contributed by atoms with Gasteiger partial charge in [0.15, 0.2) is 6.10 Å². The third-order valence-electron chi connectivity index (χ3n) is 2.43. The predicted octanol–water partition coefficient (Wildman–Crippen LogP) is -0.118. The lowest BCUT2D eigenvalue weighted by Gasteiger charge is -2.22. The molecular weight excluding hydrogens is 240 g/mol. The molecule has 1 rings (SSSR count). The highest BCUT2D eigenvalue weighted by molar-refractivity contribution is 6.45. The summed E-state index contributed by atoms with van der Waals surface area (Å²) in [5.74, 6) is -1.84. The Bertz CT molecular complexity index is 416. The first-order valence-electron chi connectivity index (χ1n) is 5.49. The van der Waals surface area contributed by atoms with Crippen molar-refractivity contribution in [3.05, 3.63) is 35.6 Å². The molecule has 0 aliphatic heterocycles. The Morgan fingerprint density at radius 1 is 1.56 bits per heavy atom. The molecule has 1 aromatic carbocycles. The van der Waals surface area contributed by atoms with Crippen molar-refractivity contribution in [2.75, 3.05) is 0 Å². The second kappa shape index (κ2) is 6.48. The Hall–Kier alpha value is -1.44. The normalized spacial score (nSPS) is 14.0. The van der Waals surface area contributed by atoms with Crippen molar-refractivity contribution in [3.63, 3.8) is 0 Å². The molecule has 5 nitrogen and oxygen atoms in total. The summed E-state index contributed by atoms with van der Waals surface area (Å²) in [4.78, 5) is 10.7. The number of aliphatic hydroxyl groups is 1. The molecule has 0 bridgehead atoms. The molecule has 2 unspecified atom stereocenters. The third-order valence-corrected chi connectivity index (χ3v) is 2.43. The van der Waals surface area contributed by atoms with E-state index in [4.69, 9.17) is 5.11 Å². The van der Waals surface area contributed by atoms with Gasteiger partial charge in [-0.25, -0.2) is 9.18 Å². The van der Waals surface area contributed by atoms with Crippen LogP contribution in [0.5, 0.6) is 0 Å². The molecule has 1 aromatic rings. The minimum Gasteiger partial charge on any atom is -0.479 e. The van der Waals surface area contributed by atoms with E-state index >= 15 is 0 Å². The van der Waals surface area contributed by atoms with E-state index in [1.54, 1.807) is 6.07 Å². The Kier molecular flexibility index (Phi) is 5.27. The average molecular weight is 255 g/mol. The minimum absolute atomic E-state index is 0.0934. The fraction of sp³-hybridized carbons (Fsp3) is 0.364. The number of nitrogens with one attached hydrogen (secondary N) is 1. The number of halogens is 1. The summed E-state index contributed by atoms with van der Waals surface area (Å²) in [7, 11) is -0.974. The van der Waals surface area contributed by atoms with E-state index in [0.717, 1.165) is 0 Å². The zero-order chi connectivity index (χ0) is 13.7. The van der Waals surface area contributed by atoms with Gasteiger partial charge in [0.2, 0.25) is 0 Å². The van der Waals surface area contributed by atoms with Gasteiger partial charge in [-0.2, -0.15) is 0 Å². The van der Waals surface area contributed by atoms with Crippen LogP contribution in [-0.4, -0.2) is 40.4 Å². The average Bonchev–Trinajstić information content (AvgIpc) is 2.26. The predicted molar refractivity (Wildman–Crippen MR) is 64.5 cm³/mol. The number of hydrogen-bond acceptors (Lipinski definition) is 4. The first-order valence-corrected chi connectivity index (χ1v) is 5.49. The monoisotopic (exact) mass is 255 g/mol. The van der Waals surface area contributed by atoms with Crippen LogP contribution in [0.15, 0.2) is 24.3 Å². The van der Waals surface area contributed by atoms with Crippen molar-refractivity contribution in [2.24, 2.45) is 0 Å². The lowest BCUT2D eigenvalue weighted by molar-refractivity contribution is -0.147. The second-order valence-electron chi connectivity index (χ2n) is 4.07. The molecule has 98 valence electrons. The van der Waals surface area contributed by atoms with E-state index in [-0.39, 0.29) is 6.42 Å². The minimum atomic E-state index is -1.68. The molecule has 7 heteroatoms. The molecule has 4 N–H and O–H groups in total. The molecular formula is C11H15BFNO4. The van der Waals surface area contributed by atoms with Crippen molar-refractivity contribution < 1.29 is 24.4 Å². The highest BCUT2D eigenvalue weighted by atomic mass is 19.1. The fourth-order valence-electron chi connectivity index (χ4n) is 1.66. The number of rotatable bonds is 6. The van der Waals surface area contributed by atoms with Crippen molar-refractivity contribution in [2.45, 2.75) is 25.4 Å². The Morgan fingerprint density at radius 3 is 2.72 bits per heavy atom. The SMILES string of the molecule is CB(O)NC(Cc1cccc(F)c1)C(O)C(=O)O. The van der Waals surface area contributed by atoms with Crippen LogP contribution in [0.3, 0.4) is 0 Å². The van der Waals surface area contributed by atoms with Gasteiger partial charge >= 0.3 is 13.0 Å². The van der Waals surface area contributed by atoms with Crippen LogP contribution in [0.4, 0.5) is 4.39 Å². The van der Waals surface area contributed by atoms with E-state index < -0.39 is 31.0 Å². The number of hydrogen-bond donors (Lipinski definition) is 4. The molecule has 0 fully saturated rings. The summed E-state index contributed by atoms with van der Waals surface area (Å²) < 4.78 is 13.0. The lowest BCUT2D eigenvalue weighted by Crippen LogP contribution is -2.51. The van der Waals surface area contributed by atoms with E-state index in [0.29, 0.717) is 5.56 Å². The van der Waals surface area contributed by atoms with Crippen LogP contribution in [0.2, 0.25) is 6.82 Å². The maximum atomic E-state index is 13.0. The summed E-state index contributed by atoms with van der Waals surface area (Å²) in [5, 5.41) is 30.0. The van der Waals surface area contributed by atoms with Crippen molar-refractivity contribution in [1.82, 2.24) is 5.23 Å². The molecule has 0 saturated carbocycles. The van der Waals surface area contributed by atoms with Gasteiger partial charge in [0, 0.05) is 6.04 Å².